The van der Waals surface area contributed by atoms with Crippen molar-refractivity contribution in [3.8, 4) is 5.75 Å². The summed E-state index contributed by atoms with van der Waals surface area (Å²) < 4.78 is 5.73. The van der Waals surface area contributed by atoms with Crippen LogP contribution in [0.15, 0.2) is 30.3 Å². The molecule has 0 N–H and O–H groups in total. The van der Waals surface area contributed by atoms with E-state index in [1.165, 1.54) is 0 Å². The van der Waals surface area contributed by atoms with Crippen LogP contribution >= 0.6 is 0 Å². The van der Waals surface area contributed by atoms with Crippen molar-refractivity contribution in [2.75, 3.05) is 6.61 Å². The van der Waals surface area contributed by atoms with E-state index in [0.29, 0.717) is 23.7 Å². The topological polar surface area (TPSA) is 26.3 Å². The van der Waals surface area contributed by atoms with Crippen LogP contribution in [0, 0.1) is 17.3 Å². The molecule has 0 aromatic heterocycles. The van der Waals surface area contributed by atoms with Crippen LogP contribution in [0.3, 0.4) is 0 Å². The van der Waals surface area contributed by atoms with Crippen molar-refractivity contribution < 1.29 is 9.53 Å². The van der Waals surface area contributed by atoms with E-state index in [9.17, 15) is 4.79 Å². The first-order chi connectivity index (χ1) is 9.47. The smallest absolute Gasteiger partial charge is 0.136 e. The second-order valence-electron chi connectivity index (χ2n) is 6.95. The van der Waals surface area contributed by atoms with Gasteiger partial charge in [-0.15, -0.1) is 0 Å². The van der Waals surface area contributed by atoms with E-state index >= 15 is 0 Å². The fourth-order valence-corrected chi connectivity index (χ4v) is 3.01. The van der Waals surface area contributed by atoms with Crippen molar-refractivity contribution in [3.05, 3.63) is 30.3 Å². The van der Waals surface area contributed by atoms with Gasteiger partial charge in [0.25, 0.3) is 0 Å². The van der Waals surface area contributed by atoms with E-state index in [1.807, 2.05) is 30.3 Å². The first-order valence-corrected chi connectivity index (χ1v) is 7.67. The Kier molecular flexibility index (Phi) is 4.85. The Balaban J connectivity index is 1.83. The highest BCUT2D eigenvalue weighted by molar-refractivity contribution is 5.81. The average molecular weight is 274 g/mol. The van der Waals surface area contributed by atoms with Gasteiger partial charge < -0.3 is 4.74 Å². The third-order valence-electron chi connectivity index (χ3n) is 4.47. The maximum Gasteiger partial charge on any atom is 0.136 e. The second-order valence-corrected chi connectivity index (χ2v) is 6.95. The number of Topliss-reactive ketones (excluding diaryl/α,β-unsaturated/α-hetero) is 1. The van der Waals surface area contributed by atoms with Crippen molar-refractivity contribution in [1.29, 1.82) is 0 Å². The molecule has 20 heavy (non-hydrogen) atoms. The number of para-hydroxylation sites is 1. The molecule has 1 saturated carbocycles. The Morgan fingerprint density at radius 1 is 1.20 bits per heavy atom. The molecule has 110 valence electrons. The van der Waals surface area contributed by atoms with Gasteiger partial charge in [-0.1, -0.05) is 39.0 Å². The number of rotatable bonds is 4. The minimum absolute atomic E-state index is 0.191. The fourth-order valence-electron chi connectivity index (χ4n) is 3.01. The maximum absolute atomic E-state index is 12.1. The summed E-state index contributed by atoms with van der Waals surface area (Å²) >= 11 is 0. The lowest BCUT2D eigenvalue weighted by Crippen LogP contribution is -2.32. The Labute approximate surface area is 122 Å². The molecule has 1 aliphatic carbocycles. The molecule has 0 bridgehead atoms. The molecule has 0 aliphatic heterocycles. The van der Waals surface area contributed by atoms with Crippen molar-refractivity contribution in [1.82, 2.24) is 0 Å². The summed E-state index contributed by atoms with van der Waals surface area (Å²) in [6, 6.07) is 9.83. The Hall–Kier alpha value is -1.31. The average Bonchev–Trinajstić information content (AvgIpc) is 2.41. The number of carbonyl (C=O) groups is 1. The summed E-state index contributed by atoms with van der Waals surface area (Å²) in [7, 11) is 0. The molecule has 0 saturated heterocycles. The van der Waals surface area contributed by atoms with Crippen LogP contribution in [0.25, 0.3) is 0 Å². The summed E-state index contributed by atoms with van der Waals surface area (Å²) in [5.74, 6) is 2.17. The van der Waals surface area contributed by atoms with Gasteiger partial charge in [0.2, 0.25) is 0 Å². The van der Waals surface area contributed by atoms with Crippen LogP contribution in [0.2, 0.25) is 0 Å². The second kappa shape index (κ2) is 6.43. The first kappa shape index (κ1) is 15.1. The van der Waals surface area contributed by atoms with Crippen LogP contribution in [0.1, 0.15) is 46.5 Å². The maximum atomic E-state index is 12.1. The van der Waals surface area contributed by atoms with Crippen LogP contribution < -0.4 is 4.74 Å². The number of hydrogen-bond acceptors (Lipinski definition) is 2. The molecule has 2 heteroatoms. The van der Waals surface area contributed by atoms with Crippen LogP contribution in [-0.2, 0) is 4.79 Å². The molecule has 0 heterocycles. The van der Waals surface area contributed by atoms with Gasteiger partial charge in [0.15, 0.2) is 0 Å². The predicted octanol–water partition coefficient (Wildman–Crippen LogP) is 4.49. The molecular formula is C18H26O2. The Morgan fingerprint density at radius 2 is 1.90 bits per heavy atom. The standard InChI is InChI=1S/C18H26O2/c1-18(2,3)15-9-10-17(19)14(13-15)11-12-20-16-7-5-4-6-8-16/h4-8,14-15H,9-13H2,1-3H3. The zero-order chi connectivity index (χ0) is 14.6. The molecule has 2 rings (SSSR count). The molecule has 2 atom stereocenters. The molecule has 0 amide bonds. The Morgan fingerprint density at radius 3 is 2.55 bits per heavy atom. The summed E-state index contributed by atoms with van der Waals surface area (Å²) in [6.07, 6.45) is 3.68. The van der Waals surface area contributed by atoms with Crippen molar-refractivity contribution in [2.24, 2.45) is 17.3 Å². The van der Waals surface area contributed by atoms with Gasteiger partial charge in [0.1, 0.15) is 11.5 Å². The van der Waals surface area contributed by atoms with Gasteiger partial charge in [-0.05, 0) is 42.7 Å². The van der Waals surface area contributed by atoms with Crippen molar-refractivity contribution in [3.63, 3.8) is 0 Å². The molecule has 1 aromatic carbocycles. The van der Waals surface area contributed by atoms with Crippen molar-refractivity contribution in [2.45, 2.75) is 46.5 Å². The van der Waals surface area contributed by atoms with E-state index in [0.717, 1.165) is 31.4 Å². The van der Waals surface area contributed by atoms with Crippen molar-refractivity contribution >= 4 is 5.78 Å². The largest absolute Gasteiger partial charge is 0.494 e. The van der Waals surface area contributed by atoms with Gasteiger partial charge in [-0.25, -0.2) is 0 Å². The van der Waals surface area contributed by atoms with Crippen LogP contribution in [-0.4, -0.2) is 12.4 Å². The van der Waals surface area contributed by atoms with Gasteiger partial charge in [0, 0.05) is 12.3 Å². The monoisotopic (exact) mass is 274 g/mol. The Bertz CT molecular complexity index is 430. The van der Waals surface area contributed by atoms with E-state index in [4.69, 9.17) is 4.74 Å². The summed E-state index contributed by atoms with van der Waals surface area (Å²) in [5, 5.41) is 0. The quantitative estimate of drug-likeness (QED) is 0.808. The van der Waals surface area contributed by atoms with E-state index in [-0.39, 0.29) is 5.92 Å². The number of carbonyl (C=O) groups excluding carboxylic acids is 1. The molecule has 0 spiro atoms. The summed E-state index contributed by atoms with van der Waals surface area (Å²) in [6.45, 7) is 7.48. The lowest BCUT2D eigenvalue weighted by atomic mass is 9.68. The highest BCUT2D eigenvalue weighted by Crippen LogP contribution is 2.39. The third kappa shape index (κ3) is 4.09. The van der Waals surface area contributed by atoms with E-state index < -0.39 is 0 Å². The first-order valence-electron chi connectivity index (χ1n) is 7.67. The molecule has 1 aliphatic rings. The molecular weight excluding hydrogens is 248 g/mol. The molecule has 0 radical (unpaired) electrons. The minimum atomic E-state index is 0.191. The van der Waals surface area contributed by atoms with E-state index in [1.54, 1.807) is 0 Å². The van der Waals surface area contributed by atoms with Gasteiger partial charge >= 0.3 is 0 Å². The highest BCUT2D eigenvalue weighted by Gasteiger charge is 2.34. The summed E-state index contributed by atoms with van der Waals surface area (Å²) in [4.78, 5) is 12.1. The number of hydrogen-bond donors (Lipinski definition) is 0. The predicted molar refractivity (Wildman–Crippen MR) is 81.8 cm³/mol. The molecule has 1 fully saturated rings. The zero-order valence-electron chi connectivity index (χ0n) is 12.9. The number of ketones is 1. The lowest BCUT2D eigenvalue weighted by molar-refractivity contribution is -0.127. The molecule has 2 nitrogen and oxygen atoms in total. The highest BCUT2D eigenvalue weighted by atomic mass is 16.5. The number of ether oxygens (including phenoxy) is 1. The van der Waals surface area contributed by atoms with Crippen LogP contribution in [0.5, 0.6) is 5.75 Å². The SMILES string of the molecule is CC(C)(C)C1CCC(=O)C(CCOc2ccccc2)C1. The van der Waals surface area contributed by atoms with Gasteiger partial charge in [-0.3, -0.25) is 4.79 Å². The molecule has 2 unspecified atom stereocenters. The fraction of sp³-hybridized carbons (Fsp3) is 0.611. The third-order valence-corrected chi connectivity index (χ3v) is 4.47. The lowest BCUT2D eigenvalue weighted by Gasteiger charge is -2.37. The summed E-state index contributed by atoms with van der Waals surface area (Å²) in [5.41, 5.74) is 0.305. The molecule has 1 aromatic rings. The van der Waals surface area contributed by atoms with E-state index in [2.05, 4.69) is 20.8 Å². The minimum Gasteiger partial charge on any atom is -0.494 e. The van der Waals surface area contributed by atoms with Crippen LogP contribution in [0.4, 0.5) is 0 Å². The van der Waals surface area contributed by atoms with Gasteiger partial charge in [-0.2, -0.15) is 0 Å². The van der Waals surface area contributed by atoms with Gasteiger partial charge in [0.05, 0.1) is 6.61 Å². The zero-order valence-corrected chi connectivity index (χ0v) is 12.9. The normalized spacial score (nSPS) is 23.6. The number of benzene rings is 1.